The smallest absolute Gasteiger partial charge is 0.339 e. The van der Waals surface area contributed by atoms with Crippen molar-refractivity contribution in [2.75, 3.05) is 0 Å². The van der Waals surface area contributed by atoms with E-state index in [1.807, 2.05) is 13.8 Å². The van der Waals surface area contributed by atoms with E-state index in [0.717, 1.165) is 6.07 Å². The zero-order chi connectivity index (χ0) is 16.2. The molecule has 0 saturated heterocycles. The van der Waals surface area contributed by atoms with E-state index < -0.39 is 34.6 Å². The molecule has 114 valence electrons. The minimum absolute atomic E-state index is 0.254. The molecule has 1 aromatic carbocycles. The third-order valence-electron chi connectivity index (χ3n) is 3.56. The Morgan fingerprint density at radius 2 is 1.57 bits per heavy atom. The first-order chi connectivity index (χ1) is 9.75. The first-order valence-electron chi connectivity index (χ1n) is 6.58. The summed E-state index contributed by atoms with van der Waals surface area (Å²) in [7, 11) is 0. The van der Waals surface area contributed by atoms with E-state index in [1.165, 1.54) is 12.1 Å². The lowest BCUT2D eigenvalue weighted by Gasteiger charge is -2.27. The fourth-order valence-corrected chi connectivity index (χ4v) is 1.80. The summed E-state index contributed by atoms with van der Waals surface area (Å²) in [6.07, 6.45) is 1.13. The molecule has 6 nitrogen and oxygen atoms in total. The highest BCUT2D eigenvalue weighted by Gasteiger charge is 2.29. The van der Waals surface area contributed by atoms with Crippen molar-refractivity contribution in [3.63, 3.8) is 0 Å². The lowest BCUT2D eigenvalue weighted by atomic mass is 9.98. The van der Waals surface area contributed by atoms with Gasteiger partial charge in [0.05, 0.1) is 16.7 Å². The molecule has 0 amide bonds. The molecule has 21 heavy (non-hydrogen) atoms. The van der Waals surface area contributed by atoms with Crippen molar-refractivity contribution in [1.29, 1.82) is 0 Å². The minimum Gasteiger partial charge on any atom is -0.478 e. The average Bonchev–Trinajstić information content (AvgIpc) is 2.45. The number of ether oxygens (including phenoxy) is 1. The summed E-state index contributed by atoms with van der Waals surface area (Å²) in [5, 5.41) is 18.2. The molecule has 0 atom stereocenters. The van der Waals surface area contributed by atoms with Crippen molar-refractivity contribution in [1.82, 2.24) is 0 Å². The Kier molecular flexibility index (Phi) is 5.07. The first-order valence-corrected chi connectivity index (χ1v) is 6.58. The van der Waals surface area contributed by atoms with Gasteiger partial charge in [-0.05, 0) is 31.9 Å². The molecule has 0 fully saturated rings. The second-order valence-electron chi connectivity index (χ2n) is 4.88. The predicted molar refractivity (Wildman–Crippen MR) is 74.8 cm³/mol. The summed E-state index contributed by atoms with van der Waals surface area (Å²) < 4.78 is 5.35. The average molecular weight is 294 g/mol. The SMILES string of the molecule is CCC(C)(CC)OC(=O)c1cccc(C(=O)O)c1C(=O)O. The van der Waals surface area contributed by atoms with Crippen LogP contribution in [-0.2, 0) is 4.74 Å². The van der Waals surface area contributed by atoms with Gasteiger partial charge in [0, 0.05) is 0 Å². The summed E-state index contributed by atoms with van der Waals surface area (Å²) in [6, 6.07) is 3.72. The van der Waals surface area contributed by atoms with E-state index in [-0.39, 0.29) is 5.56 Å². The molecule has 0 saturated carbocycles. The van der Waals surface area contributed by atoms with Crippen LogP contribution in [0.4, 0.5) is 0 Å². The molecule has 1 rings (SSSR count). The molecule has 0 spiro atoms. The number of carboxylic acids is 2. The summed E-state index contributed by atoms with van der Waals surface area (Å²) in [5.74, 6) is -3.72. The Morgan fingerprint density at radius 1 is 1.05 bits per heavy atom. The van der Waals surface area contributed by atoms with Crippen molar-refractivity contribution in [2.24, 2.45) is 0 Å². The minimum atomic E-state index is -1.48. The number of esters is 1. The van der Waals surface area contributed by atoms with E-state index in [4.69, 9.17) is 9.84 Å². The summed E-state index contributed by atoms with van der Waals surface area (Å²) in [6.45, 7) is 5.44. The maximum absolute atomic E-state index is 12.2. The quantitative estimate of drug-likeness (QED) is 0.782. The largest absolute Gasteiger partial charge is 0.478 e. The topological polar surface area (TPSA) is 101 Å². The number of aromatic carboxylic acids is 2. The molecule has 0 bridgehead atoms. The van der Waals surface area contributed by atoms with Crippen LogP contribution in [0.5, 0.6) is 0 Å². The zero-order valence-electron chi connectivity index (χ0n) is 12.2. The van der Waals surface area contributed by atoms with Gasteiger partial charge in [-0.25, -0.2) is 14.4 Å². The van der Waals surface area contributed by atoms with Crippen molar-refractivity contribution >= 4 is 17.9 Å². The number of benzene rings is 1. The summed E-state index contributed by atoms with van der Waals surface area (Å²) in [4.78, 5) is 34.6. The normalized spacial score (nSPS) is 11.0. The number of hydrogen-bond acceptors (Lipinski definition) is 4. The van der Waals surface area contributed by atoms with Crippen molar-refractivity contribution in [2.45, 2.75) is 39.2 Å². The van der Waals surface area contributed by atoms with Crippen LogP contribution < -0.4 is 0 Å². The van der Waals surface area contributed by atoms with Crippen molar-refractivity contribution in [3.8, 4) is 0 Å². The van der Waals surface area contributed by atoms with E-state index in [2.05, 4.69) is 0 Å². The molecule has 0 aliphatic heterocycles. The lowest BCUT2D eigenvalue weighted by molar-refractivity contribution is -0.0133. The first kappa shape index (κ1) is 16.7. The molecule has 0 aliphatic rings. The van der Waals surface area contributed by atoms with Crippen LogP contribution in [0.1, 0.15) is 64.7 Å². The Bertz CT molecular complexity index is 572. The molecule has 0 aromatic heterocycles. The molecule has 0 aliphatic carbocycles. The Labute approximate surface area is 122 Å². The third-order valence-corrected chi connectivity index (χ3v) is 3.56. The van der Waals surface area contributed by atoms with E-state index in [0.29, 0.717) is 12.8 Å². The van der Waals surface area contributed by atoms with Gasteiger partial charge in [0.15, 0.2) is 0 Å². The predicted octanol–water partition coefficient (Wildman–Crippen LogP) is 2.82. The van der Waals surface area contributed by atoms with Crippen LogP contribution in [0.3, 0.4) is 0 Å². The Balaban J connectivity index is 3.31. The number of carboxylic acid groups (broad SMARTS) is 2. The van der Waals surface area contributed by atoms with Crippen LogP contribution in [-0.4, -0.2) is 33.7 Å². The van der Waals surface area contributed by atoms with Gasteiger partial charge in [-0.15, -0.1) is 0 Å². The highest BCUT2D eigenvalue weighted by molar-refractivity contribution is 6.09. The van der Waals surface area contributed by atoms with E-state index in [1.54, 1.807) is 6.92 Å². The van der Waals surface area contributed by atoms with Gasteiger partial charge in [0.25, 0.3) is 0 Å². The molecular formula is C15H18O6. The molecule has 0 heterocycles. The molecular weight excluding hydrogens is 276 g/mol. The van der Waals surface area contributed by atoms with Crippen molar-refractivity contribution < 1.29 is 29.3 Å². The molecule has 0 unspecified atom stereocenters. The van der Waals surface area contributed by atoms with Gasteiger partial charge in [-0.3, -0.25) is 0 Å². The van der Waals surface area contributed by atoms with Gasteiger partial charge in [-0.2, -0.15) is 0 Å². The summed E-state index contributed by atoms with van der Waals surface area (Å²) >= 11 is 0. The summed E-state index contributed by atoms with van der Waals surface area (Å²) in [5.41, 5.74) is -1.96. The van der Waals surface area contributed by atoms with Crippen LogP contribution in [0, 0.1) is 0 Å². The fraction of sp³-hybridized carbons (Fsp3) is 0.400. The highest BCUT2D eigenvalue weighted by atomic mass is 16.6. The Hall–Kier alpha value is -2.37. The van der Waals surface area contributed by atoms with Crippen LogP contribution in [0.15, 0.2) is 18.2 Å². The number of hydrogen-bond donors (Lipinski definition) is 2. The molecule has 6 heteroatoms. The van der Waals surface area contributed by atoms with Crippen LogP contribution >= 0.6 is 0 Å². The lowest BCUT2D eigenvalue weighted by Crippen LogP contribution is -2.31. The standard InChI is InChI=1S/C15H18O6/c1-4-15(3,5-2)21-14(20)10-8-6-7-9(12(16)17)11(10)13(18)19/h6-8H,4-5H2,1-3H3,(H,16,17)(H,18,19). The number of carbonyl (C=O) groups excluding carboxylic acids is 1. The second-order valence-corrected chi connectivity index (χ2v) is 4.88. The van der Waals surface area contributed by atoms with Gasteiger partial charge < -0.3 is 14.9 Å². The van der Waals surface area contributed by atoms with Gasteiger partial charge in [0.2, 0.25) is 0 Å². The fourth-order valence-electron chi connectivity index (χ4n) is 1.80. The monoisotopic (exact) mass is 294 g/mol. The molecule has 2 N–H and O–H groups in total. The highest BCUT2D eigenvalue weighted by Crippen LogP contribution is 2.24. The zero-order valence-corrected chi connectivity index (χ0v) is 12.2. The van der Waals surface area contributed by atoms with E-state index in [9.17, 15) is 19.5 Å². The molecule has 0 radical (unpaired) electrons. The third kappa shape index (κ3) is 3.59. The Morgan fingerprint density at radius 3 is 2.00 bits per heavy atom. The van der Waals surface area contributed by atoms with Gasteiger partial charge in [-0.1, -0.05) is 19.9 Å². The molecule has 1 aromatic rings. The van der Waals surface area contributed by atoms with Gasteiger partial charge in [0.1, 0.15) is 5.60 Å². The maximum atomic E-state index is 12.2. The van der Waals surface area contributed by atoms with Crippen LogP contribution in [0.25, 0.3) is 0 Å². The number of carbonyl (C=O) groups is 3. The van der Waals surface area contributed by atoms with Crippen LogP contribution in [0.2, 0.25) is 0 Å². The second kappa shape index (κ2) is 6.39. The number of rotatable bonds is 6. The maximum Gasteiger partial charge on any atom is 0.339 e. The van der Waals surface area contributed by atoms with E-state index >= 15 is 0 Å². The van der Waals surface area contributed by atoms with Gasteiger partial charge >= 0.3 is 17.9 Å². The van der Waals surface area contributed by atoms with Crippen molar-refractivity contribution in [3.05, 3.63) is 34.9 Å².